The highest BCUT2D eigenvalue weighted by Crippen LogP contribution is 2.65. The topological polar surface area (TPSA) is 70.2 Å². The lowest BCUT2D eigenvalue weighted by molar-refractivity contribution is -0.118. The average molecular weight is 465 g/mol. The van der Waals surface area contributed by atoms with Gasteiger partial charge >= 0.3 is 0 Å². The monoisotopic (exact) mass is 464 g/mol. The fourth-order valence-electron chi connectivity index (χ4n) is 5.38. The zero-order chi connectivity index (χ0) is 24.2. The number of H-pyrrole nitrogens is 1. The van der Waals surface area contributed by atoms with Crippen LogP contribution in [-0.4, -0.2) is 42.2 Å². The summed E-state index contributed by atoms with van der Waals surface area (Å²) >= 11 is 0. The maximum Gasteiger partial charge on any atom is 0.235 e. The summed E-state index contributed by atoms with van der Waals surface area (Å²) < 4.78 is 5.41. The SMILES string of the molecule is COc1ccc2c(c1)[C@]1(C[C@@H]1c1ccc3c(C=Cc4ccc(CN(C)C)cc4)n[nH]c3c1)C(=O)N2. The van der Waals surface area contributed by atoms with Crippen LogP contribution in [0.4, 0.5) is 5.69 Å². The number of hydrogen-bond donors (Lipinski definition) is 2. The minimum atomic E-state index is -0.501. The van der Waals surface area contributed by atoms with Crippen molar-refractivity contribution in [2.45, 2.75) is 24.3 Å². The molecule has 0 bridgehead atoms. The van der Waals surface area contributed by atoms with Crippen molar-refractivity contribution in [1.82, 2.24) is 15.1 Å². The Balaban J connectivity index is 1.24. The van der Waals surface area contributed by atoms with Crippen LogP contribution in [0.1, 0.15) is 40.3 Å². The van der Waals surface area contributed by atoms with Gasteiger partial charge in [0.25, 0.3) is 0 Å². The van der Waals surface area contributed by atoms with Gasteiger partial charge in [0.1, 0.15) is 5.75 Å². The first kappa shape index (κ1) is 21.6. The molecule has 6 heteroatoms. The molecule has 1 spiro atoms. The van der Waals surface area contributed by atoms with Crippen LogP contribution in [0.2, 0.25) is 0 Å². The van der Waals surface area contributed by atoms with E-state index in [0.717, 1.165) is 57.7 Å². The van der Waals surface area contributed by atoms with Gasteiger partial charge in [-0.1, -0.05) is 42.5 Å². The van der Waals surface area contributed by atoms with Gasteiger partial charge in [0.15, 0.2) is 0 Å². The molecule has 2 aliphatic rings. The molecule has 6 nitrogen and oxygen atoms in total. The smallest absolute Gasteiger partial charge is 0.235 e. The van der Waals surface area contributed by atoms with Crippen LogP contribution in [0, 0.1) is 0 Å². The third-order valence-electron chi connectivity index (χ3n) is 7.25. The maximum atomic E-state index is 13.0. The van der Waals surface area contributed by atoms with Gasteiger partial charge in [0.2, 0.25) is 5.91 Å². The number of methoxy groups -OCH3 is 1. The van der Waals surface area contributed by atoms with Crippen molar-refractivity contribution in [3.05, 3.63) is 88.6 Å². The minimum absolute atomic E-state index is 0.0793. The molecule has 2 heterocycles. The van der Waals surface area contributed by atoms with Gasteiger partial charge in [-0.25, -0.2) is 0 Å². The second kappa shape index (κ2) is 8.10. The molecule has 6 rings (SSSR count). The minimum Gasteiger partial charge on any atom is -0.497 e. The van der Waals surface area contributed by atoms with Crippen LogP contribution >= 0.6 is 0 Å². The van der Waals surface area contributed by atoms with Crippen LogP contribution in [0.25, 0.3) is 23.1 Å². The summed E-state index contributed by atoms with van der Waals surface area (Å²) in [6.07, 6.45) is 4.94. The van der Waals surface area contributed by atoms with Gasteiger partial charge in [0, 0.05) is 23.5 Å². The van der Waals surface area contributed by atoms with E-state index in [9.17, 15) is 4.79 Å². The molecule has 0 radical (unpaired) electrons. The van der Waals surface area contributed by atoms with Gasteiger partial charge in [-0.2, -0.15) is 5.10 Å². The number of anilines is 1. The summed E-state index contributed by atoms with van der Waals surface area (Å²) in [5.74, 6) is 0.997. The lowest BCUT2D eigenvalue weighted by atomic mass is 9.91. The van der Waals surface area contributed by atoms with Crippen LogP contribution in [0.5, 0.6) is 5.75 Å². The Kier molecular flexibility index (Phi) is 5.00. The van der Waals surface area contributed by atoms with E-state index < -0.39 is 5.41 Å². The van der Waals surface area contributed by atoms with E-state index in [-0.39, 0.29) is 11.8 Å². The predicted octanol–water partition coefficient (Wildman–Crippen LogP) is 5.18. The average Bonchev–Trinajstić information content (AvgIpc) is 3.40. The summed E-state index contributed by atoms with van der Waals surface area (Å²) in [6, 6.07) is 20.8. The third-order valence-corrected chi connectivity index (χ3v) is 7.25. The molecule has 2 atom stereocenters. The zero-order valence-corrected chi connectivity index (χ0v) is 20.1. The normalized spacial score (nSPS) is 20.7. The molecule has 1 fully saturated rings. The summed E-state index contributed by atoms with van der Waals surface area (Å²) in [4.78, 5) is 15.1. The number of fused-ring (bicyclic) bond motifs is 3. The second-order valence-electron chi connectivity index (χ2n) is 9.82. The number of aromatic amines is 1. The maximum absolute atomic E-state index is 13.0. The number of hydrogen-bond acceptors (Lipinski definition) is 4. The number of benzene rings is 3. The fraction of sp³-hybridized carbons (Fsp3) is 0.241. The lowest BCUT2D eigenvalue weighted by Gasteiger charge is -2.10. The van der Waals surface area contributed by atoms with Crippen LogP contribution in [-0.2, 0) is 16.8 Å². The number of aromatic nitrogens is 2. The first-order chi connectivity index (χ1) is 17.0. The number of nitrogens with zero attached hydrogens (tertiary/aromatic N) is 2. The van der Waals surface area contributed by atoms with Crippen LogP contribution < -0.4 is 10.1 Å². The summed E-state index contributed by atoms with van der Waals surface area (Å²) in [6.45, 7) is 0.930. The van der Waals surface area contributed by atoms with Crippen molar-refractivity contribution in [1.29, 1.82) is 0 Å². The Labute approximate surface area is 204 Å². The number of rotatable bonds is 6. The molecular weight excluding hydrogens is 436 g/mol. The lowest BCUT2D eigenvalue weighted by Crippen LogP contribution is -2.21. The van der Waals surface area contributed by atoms with Gasteiger partial charge in [-0.15, -0.1) is 0 Å². The summed E-state index contributed by atoms with van der Waals surface area (Å²) in [5, 5.41) is 11.8. The van der Waals surface area contributed by atoms with Gasteiger partial charge < -0.3 is 15.0 Å². The Morgan fingerprint density at radius 3 is 2.69 bits per heavy atom. The van der Waals surface area contributed by atoms with Crippen molar-refractivity contribution >= 4 is 34.6 Å². The quantitative estimate of drug-likeness (QED) is 0.413. The Morgan fingerprint density at radius 1 is 1.09 bits per heavy atom. The predicted molar refractivity (Wildman–Crippen MR) is 140 cm³/mol. The van der Waals surface area contributed by atoms with E-state index in [2.05, 4.69) is 83.0 Å². The van der Waals surface area contributed by atoms with Crippen molar-refractivity contribution in [2.24, 2.45) is 0 Å². The molecule has 35 heavy (non-hydrogen) atoms. The number of amides is 1. The van der Waals surface area contributed by atoms with E-state index in [1.54, 1.807) is 7.11 Å². The van der Waals surface area contributed by atoms with Crippen molar-refractivity contribution in [2.75, 3.05) is 26.5 Å². The molecule has 1 aromatic heterocycles. The van der Waals surface area contributed by atoms with Crippen molar-refractivity contribution in [3.8, 4) is 5.75 Å². The fourth-order valence-corrected chi connectivity index (χ4v) is 5.38. The molecule has 1 saturated carbocycles. The van der Waals surface area contributed by atoms with Crippen LogP contribution in [0.15, 0.2) is 60.7 Å². The number of carbonyl (C=O) groups excluding carboxylic acids is 1. The van der Waals surface area contributed by atoms with E-state index in [4.69, 9.17) is 4.74 Å². The number of ether oxygens (including phenoxy) is 1. The molecule has 2 N–H and O–H groups in total. The summed E-state index contributed by atoms with van der Waals surface area (Å²) in [5.41, 5.74) is 6.90. The van der Waals surface area contributed by atoms with Gasteiger partial charge in [-0.3, -0.25) is 9.89 Å². The molecular formula is C29H28N4O2. The number of nitrogens with one attached hydrogen (secondary N) is 2. The van der Waals surface area contributed by atoms with Crippen LogP contribution in [0.3, 0.4) is 0 Å². The van der Waals surface area contributed by atoms with E-state index in [0.29, 0.717) is 0 Å². The number of carbonyl (C=O) groups is 1. The zero-order valence-electron chi connectivity index (χ0n) is 20.1. The van der Waals surface area contributed by atoms with Crippen molar-refractivity contribution < 1.29 is 9.53 Å². The summed E-state index contributed by atoms with van der Waals surface area (Å²) in [7, 11) is 5.80. The van der Waals surface area contributed by atoms with Crippen molar-refractivity contribution in [3.63, 3.8) is 0 Å². The Bertz CT molecular complexity index is 1470. The molecule has 176 valence electrons. The third kappa shape index (κ3) is 3.61. The molecule has 0 saturated heterocycles. The van der Waals surface area contributed by atoms with E-state index in [1.807, 2.05) is 24.3 Å². The first-order valence-electron chi connectivity index (χ1n) is 11.9. The molecule has 0 unspecified atom stereocenters. The van der Waals surface area contributed by atoms with E-state index >= 15 is 0 Å². The highest BCUT2D eigenvalue weighted by molar-refractivity contribution is 6.10. The second-order valence-corrected chi connectivity index (χ2v) is 9.82. The Hall–Kier alpha value is -3.90. The molecule has 1 amide bonds. The molecule has 4 aromatic rings. The largest absolute Gasteiger partial charge is 0.497 e. The highest BCUT2D eigenvalue weighted by Gasteiger charge is 2.65. The Morgan fingerprint density at radius 2 is 1.91 bits per heavy atom. The van der Waals surface area contributed by atoms with E-state index in [1.165, 1.54) is 5.56 Å². The highest BCUT2D eigenvalue weighted by atomic mass is 16.5. The molecule has 1 aliphatic heterocycles. The van der Waals surface area contributed by atoms with Gasteiger partial charge in [-0.05, 0) is 73.1 Å². The van der Waals surface area contributed by atoms with Gasteiger partial charge in [0.05, 0.1) is 23.7 Å². The molecule has 1 aliphatic carbocycles. The standard InChI is InChI=1S/C29H28N4O2/c1-33(2)17-19-6-4-18(5-7-19)8-12-25-22-11-9-20(14-27(22)32-31-25)24-16-29(24)23-15-21(35-3)10-13-26(23)30-28(29)34/h4-15,24H,16-17H2,1-3H3,(H,30,34)(H,31,32)/t24-,29+/m1/s1. The first-order valence-corrected chi connectivity index (χ1v) is 11.9. The molecule has 3 aromatic carbocycles.